The molecule has 0 aromatic heterocycles. The van der Waals surface area contributed by atoms with Crippen LogP contribution in [0.2, 0.25) is 0 Å². The van der Waals surface area contributed by atoms with E-state index in [1.54, 1.807) is 12.2 Å². The summed E-state index contributed by atoms with van der Waals surface area (Å²) in [5.74, 6) is -2.90. The molecule has 0 radical (unpaired) electrons. The van der Waals surface area contributed by atoms with Crippen molar-refractivity contribution in [2.24, 2.45) is 0 Å². The second-order valence-corrected chi connectivity index (χ2v) is 6.65. The Labute approximate surface area is 163 Å². The van der Waals surface area contributed by atoms with Gasteiger partial charge >= 0.3 is 0 Å². The molecule has 0 heterocycles. The first-order chi connectivity index (χ1) is 13.4. The maximum Gasteiger partial charge on any atom is 0.187 e. The summed E-state index contributed by atoms with van der Waals surface area (Å²) in [6.07, 6.45) is 7.44. The summed E-state index contributed by atoms with van der Waals surface area (Å²) < 4.78 is 26.7. The number of phenolic OH excluding ortho intramolecular Hbond substituents is 1. The summed E-state index contributed by atoms with van der Waals surface area (Å²) in [6, 6.07) is 18.3. The van der Waals surface area contributed by atoms with Gasteiger partial charge in [0.2, 0.25) is 0 Å². The highest BCUT2D eigenvalue weighted by Crippen LogP contribution is 2.22. The van der Waals surface area contributed by atoms with Gasteiger partial charge in [0.05, 0.1) is 0 Å². The standard InChI is InChI=1S/C24H21F2NO/c1-27(2)21-13-11-19(12-14-21)8-7-17-3-5-18(6-4-17)9-10-20-15-22(25)24(28)23(26)16-20/h3-16,28H,1-2H3/b8-7+,10-9+. The van der Waals surface area contributed by atoms with Crippen molar-refractivity contribution in [3.63, 3.8) is 0 Å². The molecule has 0 amide bonds. The fourth-order valence-electron chi connectivity index (χ4n) is 2.67. The molecule has 0 aliphatic carbocycles. The summed E-state index contributed by atoms with van der Waals surface area (Å²) in [4.78, 5) is 2.06. The Morgan fingerprint density at radius 3 is 1.39 bits per heavy atom. The van der Waals surface area contributed by atoms with Gasteiger partial charge in [-0.15, -0.1) is 0 Å². The van der Waals surface area contributed by atoms with Crippen molar-refractivity contribution >= 4 is 30.0 Å². The molecule has 0 bridgehead atoms. The van der Waals surface area contributed by atoms with Crippen LogP contribution in [0.1, 0.15) is 22.3 Å². The molecule has 3 aromatic carbocycles. The number of halogens is 2. The van der Waals surface area contributed by atoms with Crippen LogP contribution in [0.25, 0.3) is 24.3 Å². The van der Waals surface area contributed by atoms with Gasteiger partial charge in [-0.2, -0.15) is 0 Å². The molecule has 0 atom stereocenters. The van der Waals surface area contributed by atoms with Crippen LogP contribution in [0.4, 0.5) is 14.5 Å². The van der Waals surface area contributed by atoms with Crippen molar-refractivity contribution in [2.75, 3.05) is 19.0 Å². The zero-order valence-electron chi connectivity index (χ0n) is 15.7. The molecular formula is C24H21F2NO. The Bertz CT molecular complexity index is 981. The van der Waals surface area contributed by atoms with Gasteiger partial charge < -0.3 is 10.0 Å². The summed E-state index contributed by atoms with van der Waals surface area (Å²) >= 11 is 0. The fraction of sp³-hybridized carbons (Fsp3) is 0.0833. The van der Waals surface area contributed by atoms with Crippen LogP contribution in [-0.2, 0) is 0 Å². The quantitative estimate of drug-likeness (QED) is 0.545. The minimum absolute atomic E-state index is 0.345. The van der Waals surface area contributed by atoms with E-state index in [2.05, 4.69) is 29.2 Å². The van der Waals surface area contributed by atoms with Gasteiger partial charge in [-0.05, 0) is 46.5 Å². The lowest BCUT2D eigenvalue weighted by molar-refractivity contribution is 0.396. The van der Waals surface area contributed by atoms with Crippen LogP contribution in [-0.4, -0.2) is 19.2 Å². The number of nitrogens with zero attached hydrogens (tertiary/aromatic N) is 1. The molecule has 3 aromatic rings. The normalized spacial score (nSPS) is 11.4. The highest BCUT2D eigenvalue weighted by atomic mass is 19.1. The monoisotopic (exact) mass is 377 g/mol. The van der Waals surface area contributed by atoms with E-state index in [0.29, 0.717) is 5.56 Å². The largest absolute Gasteiger partial charge is 0.503 e. The number of hydrogen-bond donors (Lipinski definition) is 1. The topological polar surface area (TPSA) is 23.5 Å². The highest BCUT2D eigenvalue weighted by Gasteiger charge is 2.07. The molecule has 142 valence electrons. The summed E-state index contributed by atoms with van der Waals surface area (Å²) in [5, 5.41) is 9.13. The number of anilines is 1. The van der Waals surface area contributed by atoms with E-state index in [0.717, 1.165) is 34.5 Å². The SMILES string of the molecule is CN(C)c1ccc(/C=C/c2ccc(/C=C/c3cc(F)c(O)c(F)c3)cc2)cc1. The lowest BCUT2D eigenvalue weighted by Crippen LogP contribution is -2.07. The van der Waals surface area contributed by atoms with Gasteiger partial charge in [0.15, 0.2) is 17.4 Å². The molecule has 0 aliphatic heterocycles. The number of hydrogen-bond acceptors (Lipinski definition) is 2. The predicted octanol–water partition coefficient (Wildman–Crippen LogP) is 6.08. The van der Waals surface area contributed by atoms with Gasteiger partial charge in [0.25, 0.3) is 0 Å². The third-order valence-electron chi connectivity index (χ3n) is 4.32. The van der Waals surface area contributed by atoms with E-state index >= 15 is 0 Å². The first-order valence-corrected chi connectivity index (χ1v) is 8.84. The van der Waals surface area contributed by atoms with Gasteiger partial charge in [0, 0.05) is 19.8 Å². The Kier molecular flexibility index (Phi) is 5.90. The van der Waals surface area contributed by atoms with Gasteiger partial charge in [0.1, 0.15) is 0 Å². The highest BCUT2D eigenvalue weighted by molar-refractivity contribution is 5.73. The van der Waals surface area contributed by atoms with Crippen molar-refractivity contribution in [2.45, 2.75) is 0 Å². The average Bonchev–Trinajstić information content (AvgIpc) is 2.70. The summed E-state index contributed by atoms with van der Waals surface area (Å²) in [5.41, 5.74) is 4.57. The molecular weight excluding hydrogens is 356 g/mol. The molecule has 28 heavy (non-hydrogen) atoms. The van der Waals surface area contributed by atoms with Crippen LogP contribution >= 0.6 is 0 Å². The maximum atomic E-state index is 13.4. The van der Waals surface area contributed by atoms with Gasteiger partial charge in [-0.25, -0.2) is 8.78 Å². The van der Waals surface area contributed by atoms with E-state index < -0.39 is 17.4 Å². The van der Waals surface area contributed by atoms with Gasteiger partial charge in [-0.3, -0.25) is 0 Å². The number of benzene rings is 3. The first kappa shape index (κ1) is 19.4. The lowest BCUT2D eigenvalue weighted by Gasteiger charge is -2.11. The molecule has 0 unspecified atom stereocenters. The molecule has 0 fully saturated rings. The summed E-state index contributed by atoms with van der Waals surface area (Å²) in [6.45, 7) is 0. The second kappa shape index (κ2) is 8.53. The number of rotatable bonds is 5. The first-order valence-electron chi connectivity index (χ1n) is 8.84. The molecule has 1 N–H and O–H groups in total. The van der Waals surface area contributed by atoms with Crippen LogP contribution in [0.5, 0.6) is 5.75 Å². The minimum Gasteiger partial charge on any atom is -0.503 e. The van der Waals surface area contributed by atoms with E-state index in [1.807, 2.05) is 50.5 Å². The molecule has 0 spiro atoms. The zero-order chi connectivity index (χ0) is 20.1. The van der Waals surface area contributed by atoms with Crippen LogP contribution in [0.15, 0.2) is 60.7 Å². The third kappa shape index (κ3) is 4.86. The summed E-state index contributed by atoms with van der Waals surface area (Å²) in [7, 11) is 4.02. The average molecular weight is 377 g/mol. The Morgan fingerprint density at radius 1 is 0.643 bits per heavy atom. The van der Waals surface area contributed by atoms with Crippen molar-refractivity contribution in [3.8, 4) is 5.75 Å². The minimum atomic E-state index is -0.973. The van der Waals surface area contributed by atoms with Crippen molar-refractivity contribution in [3.05, 3.63) is 94.6 Å². The fourth-order valence-corrected chi connectivity index (χ4v) is 2.67. The third-order valence-corrected chi connectivity index (χ3v) is 4.32. The Morgan fingerprint density at radius 2 is 1.00 bits per heavy atom. The molecule has 2 nitrogen and oxygen atoms in total. The van der Waals surface area contributed by atoms with Crippen molar-refractivity contribution < 1.29 is 13.9 Å². The van der Waals surface area contributed by atoms with Crippen molar-refractivity contribution in [1.29, 1.82) is 0 Å². The predicted molar refractivity (Wildman–Crippen MR) is 113 cm³/mol. The molecule has 0 aliphatic rings. The van der Waals surface area contributed by atoms with Crippen LogP contribution in [0, 0.1) is 11.6 Å². The molecule has 3 rings (SSSR count). The van der Waals surface area contributed by atoms with Crippen molar-refractivity contribution in [1.82, 2.24) is 0 Å². The maximum absolute atomic E-state index is 13.4. The Hall–Kier alpha value is -3.40. The van der Waals surface area contributed by atoms with Crippen LogP contribution in [0.3, 0.4) is 0 Å². The molecule has 4 heteroatoms. The lowest BCUT2D eigenvalue weighted by atomic mass is 10.1. The number of phenols is 1. The van der Waals surface area contributed by atoms with E-state index in [1.165, 1.54) is 0 Å². The van der Waals surface area contributed by atoms with E-state index in [4.69, 9.17) is 5.11 Å². The smallest absolute Gasteiger partial charge is 0.187 e. The Balaban J connectivity index is 1.68. The van der Waals surface area contributed by atoms with E-state index in [9.17, 15) is 8.78 Å². The zero-order valence-corrected chi connectivity index (χ0v) is 15.7. The van der Waals surface area contributed by atoms with Gasteiger partial charge in [-0.1, -0.05) is 60.7 Å². The molecule has 0 saturated heterocycles. The second-order valence-electron chi connectivity index (χ2n) is 6.65. The van der Waals surface area contributed by atoms with E-state index in [-0.39, 0.29) is 0 Å². The molecule has 0 saturated carbocycles. The van der Waals surface area contributed by atoms with Crippen LogP contribution < -0.4 is 4.90 Å². The number of aromatic hydroxyl groups is 1.